The Bertz CT molecular complexity index is 560. The normalized spacial score (nSPS) is 13.6. The summed E-state index contributed by atoms with van der Waals surface area (Å²) in [6.45, 7) is 3.47. The number of carboxylic acids is 1. The molecule has 1 rings (SSSR count). The number of carbonyl (C=O) groups is 2. The maximum absolute atomic E-state index is 11.8. The Morgan fingerprint density at radius 3 is 2.47 bits per heavy atom. The molecule has 0 bridgehead atoms. The third-order valence-electron chi connectivity index (χ3n) is 2.77. The summed E-state index contributed by atoms with van der Waals surface area (Å²) in [7, 11) is 0. The molecular weight excluding hydrogens is 254 g/mol. The number of aliphatic carboxylic acids is 1. The van der Waals surface area contributed by atoms with E-state index in [1.54, 1.807) is 13.8 Å². The van der Waals surface area contributed by atoms with Gasteiger partial charge in [0.05, 0.1) is 0 Å². The Balaban J connectivity index is 2.97. The SMILES string of the molecule is CC[C@H](C)[C@H](NC(=O)c1cc(=O)[nH]c(=O)[nH]1)C(=O)O. The second-order valence-corrected chi connectivity index (χ2v) is 4.18. The molecule has 0 aliphatic rings. The smallest absolute Gasteiger partial charge is 0.326 e. The van der Waals surface area contributed by atoms with Crippen LogP contribution < -0.4 is 16.6 Å². The van der Waals surface area contributed by atoms with Crippen LogP contribution in [0.25, 0.3) is 0 Å². The third-order valence-corrected chi connectivity index (χ3v) is 2.77. The van der Waals surface area contributed by atoms with E-state index in [-0.39, 0.29) is 11.6 Å². The van der Waals surface area contributed by atoms with Gasteiger partial charge in [-0.3, -0.25) is 14.6 Å². The van der Waals surface area contributed by atoms with Crippen molar-refractivity contribution in [3.05, 3.63) is 32.6 Å². The first-order chi connectivity index (χ1) is 8.85. The van der Waals surface area contributed by atoms with Crippen molar-refractivity contribution in [3.63, 3.8) is 0 Å². The summed E-state index contributed by atoms with van der Waals surface area (Å²) in [4.78, 5) is 48.9. The largest absolute Gasteiger partial charge is 0.480 e. The molecule has 0 aromatic carbocycles. The van der Waals surface area contributed by atoms with Crippen LogP contribution in [0.4, 0.5) is 0 Å². The first-order valence-electron chi connectivity index (χ1n) is 5.72. The molecule has 0 fully saturated rings. The van der Waals surface area contributed by atoms with Gasteiger partial charge in [0, 0.05) is 6.07 Å². The van der Waals surface area contributed by atoms with Crippen LogP contribution in [0.5, 0.6) is 0 Å². The van der Waals surface area contributed by atoms with Crippen molar-refractivity contribution in [2.45, 2.75) is 26.3 Å². The highest BCUT2D eigenvalue weighted by atomic mass is 16.4. The maximum atomic E-state index is 11.8. The molecule has 1 aromatic heterocycles. The highest BCUT2D eigenvalue weighted by Gasteiger charge is 2.26. The highest BCUT2D eigenvalue weighted by Crippen LogP contribution is 2.08. The second-order valence-electron chi connectivity index (χ2n) is 4.18. The molecule has 0 unspecified atom stereocenters. The minimum Gasteiger partial charge on any atom is -0.480 e. The van der Waals surface area contributed by atoms with Crippen molar-refractivity contribution in [2.75, 3.05) is 0 Å². The molecule has 0 aliphatic carbocycles. The molecule has 8 nitrogen and oxygen atoms in total. The standard InChI is InChI=1S/C11H15N3O5/c1-3-5(2)8(10(17)18)14-9(16)6-4-7(15)13-11(19)12-6/h4-5,8H,3H2,1-2H3,(H,14,16)(H,17,18)(H2,12,13,15,19)/t5-,8-/m0/s1. The van der Waals surface area contributed by atoms with Crippen molar-refractivity contribution in [2.24, 2.45) is 5.92 Å². The van der Waals surface area contributed by atoms with Crippen molar-refractivity contribution in [1.82, 2.24) is 15.3 Å². The lowest BCUT2D eigenvalue weighted by Gasteiger charge is -2.19. The fourth-order valence-electron chi connectivity index (χ4n) is 1.49. The number of aromatic nitrogens is 2. The van der Waals surface area contributed by atoms with Crippen LogP contribution in [-0.4, -0.2) is 33.0 Å². The summed E-state index contributed by atoms with van der Waals surface area (Å²) < 4.78 is 0. The fourth-order valence-corrected chi connectivity index (χ4v) is 1.49. The maximum Gasteiger partial charge on any atom is 0.326 e. The summed E-state index contributed by atoms with van der Waals surface area (Å²) in [5.74, 6) is -2.26. The monoisotopic (exact) mass is 269 g/mol. The van der Waals surface area contributed by atoms with Crippen LogP contribution in [0.1, 0.15) is 30.8 Å². The van der Waals surface area contributed by atoms with Gasteiger partial charge in [0.25, 0.3) is 11.5 Å². The first kappa shape index (κ1) is 14.7. The summed E-state index contributed by atoms with van der Waals surface area (Å²) in [6.07, 6.45) is 0.559. The zero-order valence-electron chi connectivity index (χ0n) is 10.5. The van der Waals surface area contributed by atoms with E-state index >= 15 is 0 Å². The molecule has 0 aliphatic heterocycles. The lowest BCUT2D eigenvalue weighted by Crippen LogP contribution is -2.46. The lowest BCUT2D eigenvalue weighted by atomic mass is 9.99. The van der Waals surface area contributed by atoms with Gasteiger partial charge in [-0.25, -0.2) is 9.59 Å². The molecule has 0 saturated heterocycles. The molecule has 1 aromatic rings. The number of H-pyrrole nitrogens is 2. The zero-order chi connectivity index (χ0) is 14.6. The van der Waals surface area contributed by atoms with Crippen LogP contribution in [0.2, 0.25) is 0 Å². The van der Waals surface area contributed by atoms with Crippen molar-refractivity contribution < 1.29 is 14.7 Å². The van der Waals surface area contributed by atoms with E-state index in [0.29, 0.717) is 6.42 Å². The summed E-state index contributed by atoms with van der Waals surface area (Å²) in [5.41, 5.74) is -1.83. The number of nitrogens with one attached hydrogen (secondary N) is 3. The molecule has 2 atom stereocenters. The average molecular weight is 269 g/mol. The van der Waals surface area contributed by atoms with E-state index in [4.69, 9.17) is 5.11 Å². The number of hydrogen-bond donors (Lipinski definition) is 4. The van der Waals surface area contributed by atoms with Crippen LogP contribution in [-0.2, 0) is 4.79 Å². The van der Waals surface area contributed by atoms with Gasteiger partial charge in [-0.2, -0.15) is 0 Å². The number of rotatable bonds is 5. The molecule has 4 N–H and O–H groups in total. The number of carboxylic acid groups (broad SMARTS) is 1. The molecular formula is C11H15N3O5. The Kier molecular flexibility index (Phi) is 4.62. The number of aromatic amines is 2. The molecule has 19 heavy (non-hydrogen) atoms. The predicted octanol–water partition coefficient (Wildman–Crippen LogP) is -0.708. The van der Waals surface area contributed by atoms with Gasteiger partial charge < -0.3 is 15.4 Å². The quantitative estimate of drug-likeness (QED) is 0.560. The Hall–Kier alpha value is -2.38. The lowest BCUT2D eigenvalue weighted by molar-refractivity contribution is -0.140. The number of hydrogen-bond acceptors (Lipinski definition) is 4. The van der Waals surface area contributed by atoms with E-state index in [1.807, 2.05) is 4.98 Å². The number of amides is 1. The summed E-state index contributed by atoms with van der Waals surface area (Å²) in [5, 5.41) is 11.3. The van der Waals surface area contributed by atoms with Crippen LogP contribution >= 0.6 is 0 Å². The minimum atomic E-state index is -1.17. The molecule has 0 spiro atoms. The minimum absolute atomic E-state index is 0.275. The van der Waals surface area contributed by atoms with E-state index in [1.165, 1.54) is 0 Å². The molecule has 1 amide bonds. The van der Waals surface area contributed by atoms with Gasteiger partial charge in [0.15, 0.2) is 0 Å². The van der Waals surface area contributed by atoms with Gasteiger partial charge in [0.2, 0.25) is 0 Å². The highest BCUT2D eigenvalue weighted by molar-refractivity contribution is 5.94. The van der Waals surface area contributed by atoms with E-state index < -0.39 is 29.2 Å². The molecule has 104 valence electrons. The molecule has 0 radical (unpaired) electrons. The van der Waals surface area contributed by atoms with E-state index in [0.717, 1.165) is 6.07 Å². The van der Waals surface area contributed by atoms with Gasteiger partial charge in [0.1, 0.15) is 11.7 Å². The Morgan fingerprint density at radius 1 is 1.37 bits per heavy atom. The topological polar surface area (TPSA) is 132 Å². The third kappa shape index (κ3) is 3.80. The van der Waals surface area contributed by atoms with Crippen molar-refractivity contribution >= 4 is 11.9 Å². The fraction of sp³-hybridized carbons (Fsp3) is 0.455. The van der Waals surface area contributed by atoms with Gasteiger partial charge in [-0.1, -0.05) is 20.3 Å². The van der Waals surface area contributed by atoms with E-state index in [9.17, 15) is 19.2 Å². The Morgan fingerprint density at radius 2 is 2.00 bits per heavy atom. The zero-order valence-corrected chi connectivity index (χ0v) is 10.5. The summed E-state index contributed by atoms with van der Waals surface area (Å²) in [6, 6.07) is -0.188. The number of carbonyl (C=O) groups excluding carboxylic acids is 1. The van der Waals surface area contributed by atoms with Crippen LogP contribution in [0.3, 0.4) is 0 Å². The first-order valence-corrected chi connectivity index (χ1v) is 5.72. The molecule has 8 heteroatoms. The van der Waals surface area contributed by atoms with Crippen LogP contribution in [0.15, 0.2) is 15.7 Å². The second kappa shape index (κ2) is 5.98. The Labute approximate surface area is 107 Å². The summed E-state index contributed by atoms with van der Waals surface area (Å²) >= 11 is 0. The average Bonchev–Trinajstić information content (AvgIpc) is 2.33. The van der Waals surface area contributed by atoms with Gasteiger partial charge >= 0.3 is 11.7 Å². The predicted molar refractivity (Wildman–Crippen MR) is 66.0 cm³/mol. The van der Waals surface area contributed by atoms with E-state index in [2.05, 4.69) is 10.3 Å². The van der Waals surface area contributed by atoms with Crippen molar-refractivity contribution in [3.8, 4) is 0 Å². The van der Waals surface area contributed by atoms with Crippen molar-refractivity contribution in [1.29, 1.82) is 0 Å². The molecule has 1 heterocycles. The molecule has 0 saturated carbocycles. The van der Waals surface area contributed by atoms with Gasteiger partial charge in [-0.05, 0) is 5.92 Å². The van der Waals surface area contributed by atoms with Crippen LogP contribution in [0, 0.1) is 5.92 Å². The van der Waals surface area contributed by atoms with Gasteiger partial charge in [-0.15, -0.1) is 0 Å².